The third kappa shape index (κ3) is 3.88. The van der Waals surface area contributed by atoms with Crippen LogP contribution in [0.4, 0.5) is 13.2 Å². The Bertz CT molecular complexity index is 439. The first kappa shape index (κ1) is 15.2. The molecule has 1 aliphatic carbocycles. The van der Waals surface area contributed by atoms with Crippen molar-refractivity contribution in [2.45, 2.75) is 45.0 Å². The van der Waals surface area contributed by atoms with Crippen molar-refractivity contribution >= 4 is 0 Å². The minimum absolute atomic E-state index is 0.175. The van der Waals surface area contributed by atoms with E-state index >= 15 is 0 Å². The van der Waals surface area contributed by atoms with Gasteiger partial charge in [0.05, 0.1) is 0 Å². The molecule has 0 spiro atoms. The summed E-state index contributed by atoms with van der Waals surface area (Å²) in [6.07, 6.45) is -0.594. The lowest BCUT2D eigenvalue weighted by Crippen LogP contribution is -2.27. The predicted octanol–water partition coefficient (Wildman–Crippen LogP) is 4.41. The fourth-order valence-electron chi connectivity index (χ4n) is 2.87. The molecule has 0 aromatic heterocycles. The summed E-state index contributed by atoms with van der Waals surface area (Å²) in [5, 5.41) is 0. The Labute approximate surface area is 117 Å². The lowest BCUT2D eigenvalue weighted by Gasteiger charge is -2.31. The number of benzene rings is 1. The van der Waals surface area contributed by atoms with Gasteiger partial charge in [-0.1, -0.05) is 38.0 Å². The molecule has 112 valence electrons. The zero-order valence-electron chi connectivity index (χ0n) is 11.5. The second kappa shape index (κ2) is 6.04. The molecule has 0 aliphatic heterocycles. The lowest BCUT2D eigenvalue weighted by atomic mass is 9.77. The summed E-state index contributed by atoms with van der Waals surface area (Å²) in [5.74, 6) is 0.732. The van der Waals surface area contributed by atoms with Crippen LogP contribution < -0.4 is 10.5 Å². The van der Waals surface area contributed by atoms with Gasteiger partial charge in [0.2, 0.25) is 0 Å². The summed E-state index contributed by atoms with van der Waals surface area (Å²) < 4.78 is 41.3. The maximum Gasteiger partial charge on any atom is 0.573 e. The summed E-state index contributed by atoms with van der Waals surface area (Å²) in [5.41, 5.74) is 6.64. The first-order valence-electron chi connectivity index (χ1n) is 6.97. The zero-order valence-corrected chi connectivity index (χ0v) is 11.5. The van der Waals surface area contributed by atoms with E-state index in [1.165, 1.54) is 12.1 Å². The van der Waals surface area contributed by atoms with E-state index in [0.717, 1.165) is 25.7 Å². The number of hydrogen-bond acceptors (Lipinski definition) is 2. The minimum atomic E-state index is -4.68. The lowest BCUT2D eigenvalue weighted by molar-refractivity contribution is -0.275. The number of alkyl halides is 3. The van der Waals surface area contributed by atoms with Crippen LogP contribution in [0.25, 0.3) is 0 Å². The number of ether oxygens (including phenoxy) is 1. The standard InChI is InChI=1S/C15H20F3NO/c1-10-6-8-11(9-7-10)14(19)12-4-2-3-5-13(12)20-15(16,17)18/h2-5,10-11,14H,6-9,19H2,1H3. The van der Waals surface area contributed by atoms with Crippen LogP contribution in [0, 0.1) is 11.8 Å². The molecule has 1 aromatic rings. The molecule has 0 heterocycles. The van der Waals surface area contributed by atoms with E-state index in [1.54, 1.807) is 12.1 Å². The van der Waals surface area contributed by atoms with E-state index in [1.807, 2.05) is 0 Å². The third-order valence-electron chi connectivity index (χ3n) is 4.07. The summed E-state index contributed by atoms with van der Waals surface area (Å²) >= 11 is 0. The van der Waals surface area contributed by atoms with Crippen molar-refractivity contribution in [1.29, 1.82) is 0 Å². The van der Waals surface area contributed by atoms with Crippen molar-refractivity contribution < 1.29 is 17.9 Å². The largest absolute Gasteiger partial charge is 0.573 e. The van der Waals surface area contributed by atoms with Gasteiger partial charge in [0.1, 0.15) is 5.75 Å². The quantitative estimate of drug-likeness (QED) is 0.893. The maximum absolute atomic E-state index is 12.4. The highest BCUT2D eigenvalue weighted by atomic mass is 19.4. The van der Waals surface area contributed by atoms with E-state index in [0.29, 0.717) is 11.5 Å². The van der Waals surface area contributed by atoms with Gasteiger partial charge < -0.3 is 10.5 Å². The van der Waals surface area contributed by atoms with Crippen LogP contribution in [-0.4, -0.2) is 6.36 Å². The second-order valence-electron chi connectivity index (χ2n) is 5.63. The van der Waals surface area contributed by atoms with Crippen LogP contribution in [0.5, 0.6) is 5.75 Å². The Morgan fingerprint density at radius 3 is 2.35 bits per heavy atom. The van der Waals surface area contributed by atoms with Gasteiger partial charge in [-0.3, -0.25) is 0 Å². The Morgan fingerprint density at radius 1 is 1.15 bits per heavy atom. The van der Waals surface area contributed by atoms with Crippen molar-refractivity contribution in [2.75, 3.05) is 0 Å². The fourth-order valence-corrected chi connectivity index (χ4v) is 2.87. The van der Waals surface area contributed by atoms with E-state index in [9.17, 15) is 13.2 Å². The topological polar surface area (TPSA) is 35.2 Å². The maximum atomic E-state index is 12.4. The third-order valence-corrected chi connectivity index (χ3v) is 4.07. The molecule has 1 fully saturated rings. The highest BCUT2D eigenvalue weighted by Gasteiger charge is 2.34. The Kier molecular flexibility index (Phi) is 4.58. The molecular formula is C15H20F3NO. The molecule has 1 atom stereocenters. The van der Waals surface area contributed by atoms with Crippen LogP contribution in [0.2, 0.25) is 0 Å². The molecule has 0 bridgehead atoms. The molecule has 0 radical (unpaired) electrons. The molecule has 2 rings (SSSR count). The van der Waals surface area contributed by atoms with Crippen molar-refractivity contribution in [3.8, 4) is 5.75 Å². The highest BCUT2D eigenvalue weighted by molar-refractivity contribution is 5.36. The van der Waals surface area contributed by atoms with Crippen LogP contribution in [0.3, 0.4) is 0 Å². The molecule has 0 amide bonds. The van der Waals surface area contributed by atoms with Crippen molar-refractivity contribution in [1.82, 2.24) is 0 Å². The summed E-state index contributed by atoms with van der Waals surface area (Å²) in [4.78, 5) is 0. The van der Waals surface area contributed by atoms with Crippen LogP contribution in [-0.2, 0) is 0 Å². The SMILES string of the molecule is CC1CCC(C(N)c2ccccc2OC(F)(F)F)CC1. The molecule has 1 saturated carbocycles. The number of rotatable bonds is 3. The van der Waals surface area contributed by atoms with Crippen LogP contribution in [0.1, 0.15) is 44.2 Å². The number of nitrogens with two attached hydrogens (primary N) is 1. The average Bonchev–Trinajstić information content (AvgIpc) is 2.37. The van der Waals surface area contributed by atoms with E-state index in [-0.39, 0.29) is 11.7 Å². The van der Waals surface area contributed by atoms with Gasteiger partial charge >= 0.3 is 6.36 Å². The Balaban J connectivity index is 2.15. The molecule has 2 nitrogen and oxygen atoms in total. The Morgan fingerprint density at radius 2 is 1.75 bits per heavy atom. The average molecular weight is 287 g/mol. The molecule has 5 heteroatoms. The molecular weight excluding hydrogens is 267 g/mol. The number of hydrogen-bond donors (Lipinski definition) is 1. The molecule has 1 aliphatic rings. The minimum Gasteiger partial charge on any atom is -0.405 e. The number of para-hydroxylation sites is 1. The van der Waals surface area contributed by atoms with Crippen molar-refractivity contribution in [2.24, 2.45) is 17.6 Å². The van der Waals surface area contributed by atoms with Gasteiger partial charge in [0.15, 0.2) is 0 Å². The monoisotopic (exact) mass is 287 g/mol. The van der Waals surface area contributed by atoms with Gasteiger partial charge in [0, 0.05) is 11.6 Å². The van der Waals surface area contributed by atoms with Crippen LogP contribution >= 0.6 is 0 Å². The van der Waals surface area contributed by atoms with Gasteiger partial charge in [-0.05, 0) is 30.7 Å². The smallest absolute Gasteiger partial charge is 0.405 e. The molecule has 20 heavy (non-hydrogen) atoms. The van der Waals surface area contributed by atoms with E-state index in [2.05, 4.69) is 11.7 Å². The molecule has 1 unspecified atom stereocenters. The van der Waals surface area contributed by atoms with Gasteiger partial charge in [-0.15, -0.1) is 13.2 Å². The second-order valence-corrected chi connectivity index (χ2v) is 5.63. The molecule has 2 N–H and O–H groups in total. The molecule has 0 saturated heterocycles. The molecule has 1 aromatic carbocycles. The van der Waals surface area contributed by atoms with Gasteiger partial charge in [0.25, 0.3) is 0 Å². The van der Waals surface area contributed by atoms with E-state index < -0.39 is 12.4 Å². The fraction of sp³-hybridized carbons (Fsp3) is 0.600. The highest BCUT2D eigenvalue weighted by Crippen LogP contribution is 2.39. The van der Waals surface area contributed by atoms with Crippen LogP contribution in [0.15, 0.2) is 24.3 Å². The van der Waals surface area contributed by atoms with Crippen molar-refractivity contribution in [3.63, 3.8) is 0 Å². The number of halogens is 3. The first-order valence-corrected chi connectivity index (χ1v) is 6.97. The van der Waals surface area contributed by atoms with E-state index in [4.69, 9.17) is 5.73 Å². The van der Waals surface area contributed by atoms with Crippen molar-refractivity contribution in [3.05, 3.63) is 29.8 Å². The van der Waals surface area contributed by atoms with Gasteiger partial charge in [-0.2, -0.15) is 0 Å². The first-order chi connectivity index (χ1) is 9.37. The van der Waals surface area contributed by atoms with Gasteiger partial charge in [-0.25, -0.2) is 0 Å². The normalized spacial score (nSPS) is 25.2. The summed E-state index contributed by atoms with van der Waals surface area (Å²) in [7, 11) is 0. The predicted molar refractivity (Wildman–Crippen MR) is 71.2 cm³/mol. The Hall–Kier alpha value is -1.23. The zero-order chi connectivity index (χ0) is 14.8. The summed E-state index contributed by atoms with van der Waals surface area (Å²) in [6.45, 7) is 2.20. The summed E-state index contributed by atoms with van der Waals surface area (Å²) in [6, 6.07) is 5.78.